The molecule has 63 heavy (non-hydrogen) atoms. The van der Waals surface area contributed by atoms with Crippen molar-refractivity contribution < 1.29 is 36.4 Å². The van der Waals surface area contributed by atoms with Crippen molar-refractivity contribution in [3.05, 3.63) is 35.5 Å². The van der Waals surface area contributed by atoms with Crippen LogP contribution >= 0.6 is 40.3 Å². The van der Waals surface area contributed by atoms with Crippen LogP contribution in [0.5, 0.6) is 0 Å². The summed E-state index contributed by atoms with van der Waals surface area (Å²) in [7, 11) is -3.57. The average Bonchev–Trinajstić information content (AvgIpc) is 3.89. The summed E-state index contributed by atoms with van der Waals surface area (Å²) in [6.45, 7) is 40.5. The molecule has 0 spiro atoms. The second-order valence-electron chi connectivity index (χ2n) is 21.3. The second kappa shape index (κ2) is 24.1. The Morgan fingerprint density at radius 1 is 0.603 bits per heavy atom. The molecule has 3 N–H and O–H groups in total. The zero-order valence-corrected chi connectivity index (χ0v) is 45.9. The van der Waals surface area contributed by atoms with E-state index >= 15 is 0 Å². The molecule has 0 fully saturated rings. The number of sulfone groups is 1. The van der Waals surface area contributed by atoms with E-state index in [0.29, 0.717) is 23.3 Å². The standard InChI is InChI=1S/C15H26N2O4S.C15H26N2O2S.C11H17BrN2O2.C4H10S/c1-10(2)9-22(19,20)15(6,7)13(18)16-12-8-11(21-17-12)14(3,4)5;1-10(2)9-20-15(6,7)13(18)16-12-8-11(19-17-12)14(3,4)5;1-10(2,3)7-6-8(14-16-7)13-9(15)11(4,5)12;1-4(2)3-5/h8,10H,9H2,1-7H3,(H,16,17,18);8,10H,9H2,1-7H3,(H,16,17,18);6H,1-5H3,(H,13,14,15);4-5H,3H2,1-2H3. The van der Waals surface area contributed by atoms with E-state index in [0.717, 1.165) is 28.9 Å². The van der Waals surface area contributed by atoms with Crippen LogP contribution in [0, 0.1) is 17.8 Å². The maximum atomic E-state index is 12.4. The minimum atomic E-state index is -3.57. The first-order chi connectivity index (χ1) is 28.2. The van der Waals surface area contributed by atoms with Gasteiger partial charge in [-0.1, -0.05) is 135 Å². The molecule has 3 aromatic rings. The fourth-order valence-corrected chi connectivity index (χ4v) is 6.75. The van der Waals surface area contributed by atoms with Crippen molar-refractivity contribution in [1.82, 2.24) is 15.5 Å². The number of halogens is 1. The summed E-state index contributed by atoms with van der Waals surface area (Å²) < 4.78 is 37.7. The summed E-state index contributed by atoms with van der Waals surface area (Å²) in [5.74, 6) is 5.65. The number of thioether (sulfide) groups is 1. The third-order valence-electron chi connectivity index (χ3n) is 8.58. The molecule has 0 aliphatic heterocycles. The Hall–Kier alpha value is -2.83. The summed E-state index contributed by atoms with van der Waals surface area (Å²) in [4.78, 5) is 36.3. The van der Waals surface area contributed by atoms with Gasteiger partial charge in [-0.05, 0) is 70.8 Å². The lowest BCUT2D eigenvalue weighted by Crippen LogP contribution is -2.46. The van der Waals surface area contributed by atoms with Crippen molar-refractivity contribution in [3.8, 4) is 0 Å². The fourth-order valence-electron chi connectivity index (χ4n) is 4.09. The Morgan fingerprint density at radius 3 is 1.17 bits per heavy atom. The molecule has 3 amide bonds. The van der Waals surface area contributed by atoms with Gasteiger partial charge in [0.1, 0.15) is 22.0 Å². The largest absolute Gasteiger partial charge is 0.359 e. The van der Waals surface area contributed by atoms with Gasteiger partial charge < -0.3 is 29.5 Å². The Bertz CT molecular complexity index is 1990. The number of rotatable bonds is 13. The summed E-state index contributed by atoms with van der Waals surface area (Å²) >= 11 is 8.95. The second-order valence-corrected chi connectivity index (χ2v) is 27.9. The van der Waals surface area contributed by atoms with E-state index in [1.807, 2.05) is 76.2 Å². The molecule has 362 valence electrons. The van der Waals surface area contributed by atoms with E-state index in [-0.39, 0.29) is 45.5 Å². The molecule has 14 nitrogen and oxygen atoms in total. The lowest BCUT2D eigenvalue weighted by molar-refractivity contribution is -0.118. The molecule has 0 aromatic carbocycles. The van der Waals surface area contributed by atoms with Crippen LogP contribution in [0.4, 0.5) is 17.5 Å². The number of hydrogen-bond acceptors (Lipinski definition) is 13. The van der Waals surface area contributed by atoms with Crippen LogP contribution in [0.1, 0.15) is 163 Å². The van der Waals surface area contributed by atoms with Crippen LogP contribution in [-0.4, -0.2) is 72.7 Å². The molecule has 0 saturated heterocycles. The predicted octanol–water partition coefficient (Wildman–Crippen LogP) is 11.5. The van der Waals surface area contributed by atoms with Crippen molar-refractivity contribution in [2.45, 2.75) is 175 Å². The van der Waals surface area contributed by atoms with Crippen LogP contribution in [-0.2, 0) is 40.5 Å². The number of carbonyl (C=O) groups is 3. The Kier molecular flexibility index (Phi) is 23.0. The van der Waals surface area contributed by atoms with Crippen LogP contribution in [0.2, 0.25) is 0 Å². The number of thiol groups is 1. The van der Waals surface area contributed by atoms with Gasteiger partial charge >= 0.3 is 0 Å². The van der Waals surface area contributed by atoms with Crippen LogP contribution in [0.3, 0.4) is 0 Å². The molecular formula is C45H79BrN6O8S3. The molecule has 3 aromatic heterocycles. The van der Waals surface area contributed by atoms with E-state index in [1.165, 1.54) is 13.8 Å². The molecule has 3 heterocycles. The average molecular weight is 1010 g/mol. The van der Waals surface area contributed by atoms with Crippen LogP contribution < -0.4 is 16.0 Å². The molecule has 0 unspecified atom stereocenters. The van der Waals surface area contributed by atoms with Gasteiger partial charge in [0.15, 0.2) is 27.3 Å². The molecule has 18 heteroatoms. The van der Waals surface area contributed by atoms with Crippen molar-refractivity contribution in [3.63, 3.8) is 0 Å². The van der Waals surface area contributed by atoms with Crippen LogP contribution in [0.15, 0.2) is 31.8 Å². The first-order valence-corrected chi connectivity index (χ1v) is 25.3. The molecule has 0 aliphatic carbocycles. The molecule has 3 rings (SSSR count). The number of nitrogens with zero attached hydrogens (tertiary/aromatic N) is 3. The van der Waals surface area contributed by atoms with Gasteiger partial charge in [-0.25, -0.2) is 8.42 Å². The first kappa shape index (κ1) is 60.2. The number of hydrogen-bond donors (Lipinski definition) is 4. The number of aromatic nitrogens is 3. The topological polar surface area (TPSA) is 200 Å². The van der Waals surface area contributed by atoms with Crippen molar-refractivity contribution >= 4 is 85.3 Å². The molecular weight excluding hydrogens is 929 g/mol. The number of amides is 3. The SMILES string of the molecule is CC(C)(Br)C(=O)Nc1cc(C(C)(C)C)on1.CC(C)CS.CC(C)CS(=O)(=O)C(C)(C)C(=O)Nc1cc(C(C)(C)C)on1.CC(C)CSC(C)(C)C(=O)Nc1cc(C(C)(C)C)on1. The van der Waals surface area contributed by atoms with Gasteiger partial charge in [-0.15, -0.1) is 11.8 Å². The highest BCUT2D eigenvalue weighted by molar-refractivity contribution is 9.10. The summed E-state index contributed by atoms with van der Waals surface area (Å²) in [6, 6.07) is 5.15. The normalized spacial score (nSPS) is 12.7. The Morgan fingerprint density at radius 2 is 0.921 bits per heavy atom. The molecule has 0 saturated carbocycles. The zero-order chi connectivity index (χ0) is 49.7. The van der Waals surface area contributed by atoms with E-state index < -0.39 is 29.6 Å². The third kappa shape index (κ3) is 21.8. The van der Waals surface area contributed by atoms with Crippen molar-refractivity contribution in [1.29, 1.82) is 0 Å². The van der Waals surface area contributed by atoms with E-state index in [4.69, 9.17) is 13.6 Å². The zero-order valence-electron chi connectivity index (χ0n) is 41.8. The van der Waals surface area contributed by atoms with Gasteiger partial charge in [0.05, 0.1) is 14.8 Å². The minimum absolute atomic E-state index is 0.0422. The van der Waals surface area contributed by atoms with Gasteiger partial charge in [-0.2, -0.15) is 12.6 Å². The van der Waals surface area contributed by atoms with E-state index in [9.17, 15) is 22.8 Å². The third-order valence-corrected chi connectivity index (χ3v) is 14.3. The number of alkyl halides is 1. The summed E-state index contributed by atoms with van der Waals surface area (Å²) in [6.07, 6.45) is 0. The highest BCUT2D eigenvalue weighted by Crippen LogP contribution is 2.30. The van der Waals surface area contributed by atoms with Gasteiger partial charge in [-0.3, -0.25) is 14.4 Å². The molecule has 0 bridgehead atoms. The molecule has 0 atom stereocenters. The van der Waals surface area contributed by atoms with Crippen molar-refractivity contribution in [2.24, 2.45) is 17.8 Å². The summed E-state index contributed by atoms with van der Waals surface area (Å²) in [5, 5.41) is 19.5. The first-order valence-electron chi connectivity index (χ1n) is 21.2. The lowest BCUT2D eigenvalue weighted by Gasteiger charge is -2.24. The van der Waals surface area contributed by atoms with E-state index in [1.54, 1.807) is 57.7 Å². The molecule has 0 aliphatic rings. The molecule has 0 radical (unpaired) electrons. The lowest BCUT2D eigenvalue weighted by atomic mass is 9.93. The smallest absolute Gasteiger partial charge is 0.246 e. The Labute approximate surface area is 397 Å². The number of carbonyl (C=O) groups excluding carboxylic acids is 3. The maximum absolute atomic E-state index is 12.4. The van der Waals surface area contributed by atoms with Gasteiger partial charge in [0.25, 0.3) is 0 Å². The van der Waals surface area contributed by atoms with Gasteiger partial charge in [0.2, 0.25) is 17.7 Å². The Balaban J connectivity index is 0.000000875. The highest BCUT2D eigenvalue weighted by Gasteiger charge is 2.42. The quantitative estimate of drug-likeness (QED) is 0.0934. The minimum Gasteiger partial charge on any atom is -0.359 e. The number of nitrogens with one attached hydrogen (secondary N) is 3. The summed E-state index contributed by atoms with van der Waals surface area (Å²) in [5.41, 5.74) is -0.465. The van der Waals surface area contributed by atoms with E-state index in [2.05, 4.69) is 87.7 Å². The predicted molar refractivity (Wildman–Crippen MR) is 267 cm³/mol. The number of anilines is 3. The maximum Gasteiger partial charge on any atom is 0.246 e. The highest BCUT2D eigenvalue weighted by atomic mass is 79.9. The van der Waals surface area contributed by atoms with Crippen LogP contribution in [0.25, 0.3) is 0 Å². The fraction of sp³-hybridized carbons (Fsp3) is 0.733. The van der Waals surface area contributed by atoms with Gasteiger partial charge in [0, 0.05) is 34.4 Å². The van der Waals surface area contributed by atoms with Crippen molar-refractivity contribution in [2.75, 3.05) is 33.2 Å². The monoisotopic (exact) mass is 1010 g/mol.